The summed E-state index contributed by atoms with van der Waals surface area (Å²) in [5, 5.41) is 9.68. The van der Waals surface area contributed by atoms with Crippen LogP contribution in [-0.2, 0) is 0 Å². The molecule has 2 fully saturated rings. The first-order valence-corrected chi connectivity index (χ1v) is 11.1. The van der Waals surface area contributed by atoms with Gasteiger partial charge in [0.1, 0.15) is 17.1 Å². The second-order valence-electron chi connectivity index (χ2n) is 8.46. The second-order valence-corrected chi connectivity index (χ2v) is 8.90. The number of hydrogen-bond acceptors (Lipinski definition) is 6. The Morgan fingerprint density at radius 2 is 1.79 bits per heavy atom. The van der Waals surface area contributed by atoms with Gasteiger partial charge in [0.15, 0.2) is 0 Å². The number of carbonyl (C=O) groups is 1. The van der Waals surface area contributed by atoms with Gasteiger partial charge in [-0.05, 0) is 30.3 Å². The van der Waals surface area contributed by atoms with Crippen LogP contribution in [0.1, 0.15) is 10.4 Å². The van der Waals surface area contributed by atoms with Gasteiger partial charge < -0.3 is 9.80 Å². The number of amides is 1. The van der Waals surface area contributed by atoms with E-state index in [9.17, 15) is 9.18 Å². The molecule has 0 saturated carbocycles. The molecule has 4 aromatic rings. The number of hydrogen-bond donors (Lipinski definition) is 0. The van der Waals surface area contributed by atoms with E-state index in [1.54, 1.807) is 23.2 Å². The number of rotatable bonds is 3. The Morgan fingerprint density at radius 1 is 1.03 bits per heavy atom. The van der Waals surface area contributed by atoms with Gasteiger partial charge in [0, 0.05) is 54.6 Å². The summed E-state index contributed by atoms with van der Waals surface area (Å²) >= 11 is 6.05. The van der Waals surface area contributed by atoms with Gasteiger partial charge in [-0.25, -0.2) is 14.4 Å². The lowest BCUT2D eigenvalue weighted by atomic mass is 10.0. The predicted octanol–water partition coefficient (Wildman–Crippen LogP) is 3.21. The number of nitrogens with zero attached hydrogens (tertiary/aromatic N) is 7. The molecule has 6 rings (SSSR count). The monoisotopic (exact) mass is 463 g/mol. The van der Waals surface area contributed by atoms with Gasteiger partial charge in [-0.15, -0.1) is 0 Å². The highest BCUT2D eigenvalue weighted by Crippen LogP contribution is 2.34. The zero-order chi connectivity index (χ0) is 22.5. The molecule has 2 unspecified atom stereocenters. The number of benzene rings is 2. The third kappa shape index (κ3) is 3.48. The fraction of sp³-hybridized carbons (Fsp3) is 0.261. The van der Waals surface area contributed by atoms with Crippen LogP contribution < -0.4 is 4.90 Å². The topological polar surface area (TPSA) is 80.0 Å². The average Bonchev–Trinajstić information content (AvgIpc) is 3.55. The van der Waals surface area contributed by atoms with Crippen molar-refractivity contribution in [2.75, 3.05) is 31.1 Å². The van der Waals surface area contributed by atoms with Crippen LogP contribution in [0.15, 0.2) is 55.0 Å². The fourth-order valence-corrected chi connectivity index (χ4v) is 5.04. The third-order valence-corrected chi connectivity index (χ3v) is 6.66. The fourth-order valence-electron chi connectivity index (χ4n) is 4.86. The molecule has 2 aliphatic heterocycles. The van der Waals surface area contributed by atoms with Gasteiger partial charge in [-0.3, -0.25) is 4.79 Å². The highest BCUT2D eigenvalue weighted by molar-refractivity contribution is 6.31. The van der Waals surface area contributed by atoms with Crippen molar-refractivity contribution in [2.24, 2.45) is 11.8 Å². The Morgan fingerprint density at radius 3 is 2.55 bits per heavy atom. The number of aromatic nitrogens is 5. The first-order chi connectivity index (χ1) is 16.1. The van der Waals surface area contributed by atoms with E-state index in [1.807, 2.05) is 18.2 Å². The van der Waals surface area contributed by atoms with E-state index in [0.717, 1.165) is 24.0 Å². The maximum Gasteiger partial charge on any atom is 0.259 e. The Balaban J connectivity index is 1.20. The third-order valence-electron chi connectivity index (χ3n) is 6.43. The maximum absolute atomic E-state index is 14.7. The first kappa shape index (κ1) is 20.0. The minimum Gasteiger partial charge on any atom is -0.340 e. The van der Waals surface area contributed by atoms with Crippen molar-refractivity contribution in [3.8, 4) is 5.69 Å². The second kappa shape index (κ2) is 7.77. The van der Waals surface area contributed by atoms with Crippen LogP contribution in [0.2, 0.25) is 5.02 Å². The summed E-state index contributed by atoms with van der Waals surface area (Å²) in [6, 6.07) is 10.1. The van der Waals surface area contributed by atoms with Crippen LogP contribution in [0.3, 0.4) is 0 Å². The van der Waals surface area contributed by atoms with Gasteiger partial charge in [-0.2, -0.15) is 15.0 Å². The van der Waals surface area contributed by atoms with Crippen molar-refractivity contribution in [3.63, 3.8) is 0 Å². The van der Waals surface area contributed by atoms with Crippen molar-refractivity contribution in [2.45, 2.75) is 0 Å². The lowest BCUT2D eigenvalue weighted by molar-refractivity contribution is 0.0777. The molecule has 2 saturated heterocycles. The average molecular weight is 464 g/mol. The van der Waals surface area contributed by atoms with E-state index in [1.165, 1.54) is 23.3 Å². The summed E-state index contributed by atoms with van der Waals surface area (Å²) in [4.78, 5) is 27.7. The number of carbonyl (C=O) groups excluding carboxylic acids is 1. The summed E-state index contributed by atoms with van der Waals surface area (Å²) in [5.41, 5.74) is 1.19. The Bertz CT molecular complexity index is 1350. The standard InChI is InChI=1S/C23H19ClFN7O/c24-17-4-5-19-14(8-17)9-26-23(29-19)31-12-15-10-30(11-16(15)13-31)22(33)21-18(25)2-1-3-20(21)32-27-6-7-28-32/h1-9,15-16H,10-13H2. The molecule has 8 nitrogen and oxygen atoms in total. The van der Waals surface area contributed by atoms with Crippen LogP contribution in [0, 0.1) is 17.7 Å². The molecule has 2 aliphatic rings. The molecule has 0 aliphatic carbocycles. The van der Waals surface area contributed by atoms with Gasteiger partial charge >= 0.3 is 0 Å². The summed E-state index contributed by atoms with van der Waals surface area (Å²) in [6.07, 6.45) is 4.78. The van der Waals surface area contributed by atoms with E-state index < -0.39 is 5.82 Å². The van der Waals surface area contributed by atoms with Gasteiger partial charge in [0.25, 0.3) is 5.91 Å². The molecule has 166 valence electrons. The molecular weight excluding hydrogens is 445 g/mol. The van der Waals surface area contributed by atoms with Crippen molar-refractivity contribution in [1.29, 1.82) is 0 Å². The van der Waals surface area contributed by atoms with E-state index in [-0.39, 0.29) is 23.3 Å². The molecule has 4 heterocycles. The molecule has 1 amide bonds. The van der Waals surface area contributed by atoms with E-state index in [2.05, 4.69) is 25.1 Å². The van der Waals surface area contributed by atoms with Crippen LogP contribution in [0.25, 0.3) is 16.6 Å². The lowest BCUT2D eigenvalue weighted by Crippen LogP contribution is -2.34. The van der Waals surface area contributed by atoms with Gasteiger partial charge in [-0.1, -0.05) is 17.7 Å². The van der Waals surface area contributed by atoms with Gasteiger partial charge in [0.2, 0.25) is 5.95 Å². The number of fused-ring (bicyclic) bond motifs is 2. The molecule has 10 heteroatoms. The van der Waals surface area contributed by atoms with Crippen molar-refractivity contribution < 1.29 is 9.18 Å². The van der Waals surface area contributed by atoms with Gasteiger partial charge in [0.05, 0.1) is 17.9 Å². The largest absolute Gasteiger partial charge is 0.340 e. The Kier molecular flexibility index (Phi) is 4.72. The van der Waals surface area contributed by atoms with E-state index in [0.29, 0.717) is 29.7 Å². The van der Waals surface area contributed by atoms with Crippen molar-refractivity contribution in [3.05, 3.63) is 71.4 Å². The highest BCUT2D eigenvalue weighted by atomic mass is 35.5. The van der Waals surface area contributed by atoms with Crippen LogP contribution in [-0.4, -0.2) is 61.9 Å². The normalized spacial score (nSPS) is 19.9. The van der Waals surface area contributed by atoms with E-state index in [4.69, 9.17) is 11.6 Å². The zero-order valence-corrected chi connectivity index (χ0v) is 18.2. The quantitative estimate of drug-likeness (QED) is 0.464. The van der Waals surface area contributed by atoms with E-state index >= 15 is 0 Å². The zero-order valence-electron chi connectivity index (χ0n) is 17.5. The molecule has 2 aromatic heterocycles. The first-order valence-electron chi connectivity index (χ1n) is 10.7. The molecule has 33 heavy (non-hydrogen) atoms. The molecular formula is C23H19ClFN7O. The lowest BCUT2D eigenvalue weighted by Gasteiger charge is -2.23. The molecule has 0 bridgehead atoms. The molecule has 2 atom stereocenters. The summed E-state index contributed by atoms with van der Waals surface area (Å²) in [7, 11) is 0. The molecule has 0 radical (unpaired) electrons. The molecule has 0 spiro atoms. The molecule has 2 aromatic carbocycles. The van der Waals surface area contributed by atoms with Crippen molar-refractivity contribution >= 4 is 34.4 Å². The predicted molar refractivity (Wildman–Crippen MR) is 121 cm³/mol. The number of likely N-dealkylation sites (tertiary alicyclic amines) is 1. The van der Waals surface area contributed by atoms with Crippen LogP contribution >= 0.6 is 11.6 Å². The summed E-state index contributed by atoms with van der Waals surface area (Å²) < 4.78 is 14.7. The smallest absolute Gasteiger partial charge is 0.259 e. The SMILES string of the molecule is O=C(c1c(F)cccc1-n1nccn1)N1CC2CN(c3ncc4cc(Cl)ccc4n3)CC2C1. The molecule has 0 N–H and O–H groups in total. The summed E-state index contributed by atoms with van der Waals surface area (Å²) in [6.45, 7) is 2.61. The van der Waals surface area contributed by atoms with Crippen LogP contribution in [0.5, 0.6) is 0 Å². The number of anilines is 1. The minimum absolute atomic E-state index is 0.00190. The van der Waals surface area contributed by atoms with Crippen molar-refractivity contribution in [1.82, 2.24) is 29.9 Å². The number of halogens is 2. The maximum atomic E-state index is 14.7. The summed E-state index contributed by atoms with van der Waals surface area (Å²) in [5.74, 6) is 0.324. The van der Waals surface area contributed by atoms with Crippen LogP contribution in [0.4, 0.5) is 10.3 Å². The Labute approximate surface area is 193 Å². The highest BCUT2D eigenvalue weighted by Gasteiger charge is 2.43. The minimum atomic E-state index is -0.571. The Hall–Kier alpha value is -3.59.